The maximum atomic E-state index is 11.9. The number of halogens is 1. The lowest BCUT2D eigenvalue weighted by Crippen LogP contribution is -2.23. The summed E-state index contributed by atoms with van der Waals surface area (Å²) in [5.74, 6) is 0.0904. The zero-order valence-electron chi connectivity index (χ0n) is 11.3. The van der Waals surface area contributed by atoms with E-state index in [-0.39, 0.29) is 5.91 Å². The van der Waals surface area contributed by atoms with Gasteiger partial charge in [-0.15, -0.1) is 0 Å². The summed E-state index contributed by atoms with van der Waals surface area (Å²) >= 11 is 3.19. The molecule has 1 aliphatic rings. The summed E-state index contributed by atoms with van der Waals surface area (Å²) in [6.45, 7) is 0.445. The summed E-state index contributed by atoms with van der Waals surface area (Å²) in [6, 6.07) is 3.35. The molecule has 5 nitrogen and oxygen atoms in total. The highest BCUT2D eigenvalue weighted by Gasteiger charge is 2.20. The average molecular weight is 338 g/mol. The molecule has 106 valence electrons. The minimum atomic E-state index is -0.217. The quantitative estimate of drug-likeness (QED) is 0.936. The van der Waals surface area contributed by atoms with Crippen LogP contribution in [0.25, 0.3) is 0 Å². The minimum Gasteiger partial charge on any atom is -0.444 e. The van der Waals surface area contributed by atoms with Gasteiger partial charge in [0.2, 0.25) is 0 Å². The molecule has 0 unspecified atom stereocenters. The molecule has 20 heavy (non-hydrogen) atoms. The molecule has 0 atom stereocenters. The fourth-order valence-electron chi connectivity index (χ4n) is 2.69. The Morgan fingerprint density at radius 1 is 1.45 bits per heavy atom. The molecule has 2 heterocycles. The van der Waals surface area contributed by atoms with Gasteiger partial charge < -0.3 is 9.73 Å². The van der Waals surface area contributed by atoms with Crippen molar-refractivity contribution in [1.82, 2.24) is 15.1 Å². The molecule has 0 fully saturated rings. The lowest BCUT2D eigenvalue weighted by atomic mass is 9.96. The first-order valence-corrected chi connectivity index (χ1v) is 7.51. The highest BCUT2D eigenvalue weighted by atomic mass is 79.9. The molecule has 0 bridgehead atoms. The lowest BCUT2D eigenvalue weighted by Gasteiger charge is -2.12. The molecule has 2 aromatic rings. The Morgan fingerprint density at radius 3 is 3.00 bits per heavy atom. The summed E-state index contributed by atoms with van der Waals surface area (Å²) in [5, 5.41) is 7.39. The fraction of sp³-hybridized carbons (Fsp3) is 0.429. The Kier molecular flexibility index (Phi) is 3.65. The molecule has 1 aliphatic carbocycles. The Labute approximate surface area is 125 Å². The second-order valence-electron chi connectivity index (χ2n) is 4.99. The van der Waals surface area contributed by atoms with E-state index in [2.05, 4.69) is 26.3 Å². The van der Waals surface area contributed by atoms with Gasteiger partial charge in [0.25, 0.3) is 5.91 Å². The van der Waals surface area contributed by atoms with Crippen molar-refractivity contribution < 1.29 is 9.21 Å². The molecular formula is C14H16BrN3O2. The molecule has 1 amide bonds. The van der Waals surface area contributed by atoms with Crippen LogP contribution < -0.4 is 5.32 Å². The third-order valence-corrected chi connectivity index (χ3v) is 4.09. The van der Waals surface area contributed by atoms with E-state index >= 15 is 0 Å². The van der Waals surface area contributed by atoms with Crippen LogP contribution in [0.5, 0.6) is 0 Å². The number of nitrogens with zero attached hydrogens (tertiary/aromatic N) is 2. The van der Waals surface area contributed by atoms with Crippen molar-refractivity contribution >= 4 is 21.8 Å². The molecular weight excluding hydrogens is 322 g/mol. The number of fused-ring (bicyclic) bond motifs is 1. The van der Waals surface area contributed by atoms with Crippen molar-refractivity contribution in [3.63, 3.8) is 0 Å². The third kappa shape index (κ3) is 2.52. The predicted molar refractivity (Wildman–Crippen MR) is 77.4 cm³/mol. The minimum absolute atomic E-state index is 0.217. The van der Waals surface area contributed by atoms with Crippen LogP contribution >= 0.6 is 15.9 Å². The van der Waals surface area contributed by atoms with Crippen molar-refractivity contribution in [2.45, 2.75) is 32.2 Å². The second-order valence-corrected chi connectivity index (χ2v) is 5.77. The van der Waals surface area contributed by atoms with Gasteiger partial charge in [-0.25, -0.2) is 0 Å². The van der Waals surface area contributed by atoms with E-state index in [0.717, 1.165) is 18.5 Å². The fourth-order valence-corrected chi connectivity index (χ4v) is 3.00. The number of hydrogen-bond acceptors (Lipinski definition) is 3. The van der Waals surface area contributed by atoms with Gasteiger partial charge in [-0.05, 0) is 59.3 Å². The van der Waals surface area contributed by atoms with Gasteiger partial charge in [-0.1, -0.05) is 0 Å². The molecule has 0 spiro atoms. The van der Waals surface area contributed by atoms with Gasteiger partial charge in [-0.3, -0.25) is 9.48 Å². The van der Waals surface area contributed by atoms with E-state index in [1.54, 1.807) is 12.1 Å². The van der Waals surface area contributed by atoms with Crippen molar-refractivity contribution in [2.75, 3.05) is 0 Å². The molecule has 0 aliphatic heterocycles. The number of carbonyl (C=O) groups excluding carboxylic acids is 1. The van der Waals surface area contributed by atoms with Crippen LogP contribution in [0.3, 0.4) is 0 Å². The van der Waals surface area contributed by atoms with Gasteiger partial charge in [0, 0.05) is 12.7 Å². The van der Waals surface area contributed by atoms with E-state index in [1.165, 1.54) is 24.1 Å². The molecule has 0 saturated carbocycles. The Bertz CT molecular complexity index is 645. The maximum Gasteiger partial charge on any atom is 0.287 e. The summed E-state index contributed by atoms with van der Waals surface area (Å²) < 4.78 is 7.73. The molecule has 1 N–H and O–H groups in total. The monoisotopic (exact) mass is 337 g/mol. The normalized spacial score (nSPS) is 14.1. The van der Waals surface area contributed by atoms with E-state index in [0.29, 0.717) is 17.0 Å². The summed E-state index contributed by atoms with van der Waals surface area (Å²) in [5.41, 5.74) is 3.59. The summed E-state index contributed by atoms with van der Waals surface area (Å²) in [6.07, 6.45) is 4.56. The first-order chi connectivity index (χ1) is 9.65. The number of rotatable bonds is 3. The maximum absolute atomic E-state index is 11.9. The van der Waals surface area contributed by atoms with E-state index in [9.17, 15) is 4.79 Å². The van der Waals surface area contributed by atoms with Gasteiger partial charge >= 0.3 is 0 Å². The SMILES string of the molecule is Cn1nc(CNC(=O)c2ccc(Br)o2)c2c1CCCC2. The van der Waals surface area contributed by atoms with Crippen molar-refractivity contribution in [3.05, 3.63) is 39.5 Å². The van der Waals surface area contributed by atoms with Crippen LogP contribution in [0.4, 0.5) is 0 Å². The molecule has 0 saturated heterocycles. The Balaban J connectivity index is 1.71. The standard InChI is InChI=1S/C14H16BrN3O2/c1-18-11-5-3-2-4-9(11)10(17-18)8-16-14(19)12-6-7-13(15)20-12/h6-7H,2-5,8H2,1H3,(H,16,19). The topological polar surface area (TPSA) is 60.1 Å². The molecule has 0 aromatic carbocycles. The lowest BCUT2D eigenvalue weighted by molar-refractivity contribution is 0.0921. The van der Waals surface area contributed by atoms with Crippen LogP contribution in [0.15, 0.2) is 21.2 Å². The van der Waals surface area contributed by atoms with E-state index < -0.39 is 0 Å². The Hall–Kier alpha value is -1.56. The predicted octanol–water partition coefficient (Wildman–Crippen LogP) is 2.58. The van der Waals surface area contributed by atoms with Crippen molar-refractivity contribution in [1.29, 1.82) is 0 Å². The second kappa shape index (κ2) is 5.44. The van der Waals surface area contributed by atoms with Crippen LogP contribution in [0, 0.1) is 0 Å². The number of carbonyl (C=O) groups is 1. The molecule has 2 aromatic heterocycles. The molecule has 3 rings (SSSR count). The summed E-state index contributed by atoms with van der Waals surface area (Å²) in [4.78, 5) is 11.9. The zero-order valence-corrected chi connectivity index (χ0v) is 12.9. The molecule has 6 heteroatoms. The van der Waals surface area contributed by atoms with E-state index in [4.69, 9.17) is 4.42 Å². The van der Waals surface area contributed by atoms with Crippen LogP contribution in [0.2, 0.25) is 0 Å². The van der Waals surface area contributed by atoms with E-state index in [1.807, 2.05) is 11.7 Å². The Morgan fingerprint density at radius 2 is 2.25 bits per heavy atom. The number of aryl methyl sites for hydroxylation is 1. The van der Waals surface area contributed by atoms with Crippen LogP contribution in [0.1, 0.15) is 40.3 Å². The van der Waals surface area contributed by atoms with Gasteiger partial charge in [-0.2, -0.15) is 5.10 Å². The molecule has 0 radical (unpaired) electrons. The highest BCUT2D eigenvalue weighted by molar-refractivity contribution is 9.10. The number of aromatic nitrogens is 2. The number of amides is 1. The van der Waals surface area contributed by atoms with Crippen molar-refractivity contribution in [3.8, 4) is 0 Å². The average Bonchev–Trinajstić information content (AvgIpc) is 3.01. The number of furan rings is 1. The first kappa shape index (κ1) is 13.4. The highest BCUT2D eigenvalue weighted by Crippen LogP contribution is 2.23. The first-order valence-electron chi connectivity index (χ1n) is 6.72. The number of hydrogen-bond donors (Lipinski definition) is 1. The summed E-state index contributed by atoms with van der Waals surface area (Å²) in [7, 11) is 1.97. The van der Waals surface area contributed by atoms with Gasteiger partial charge in [0.05, 0.1) is 12.2 Å². The zero-order chi connectivity index (χ0) is 14.1. The smallest absolute Gasteiger partial charge is 0.287 e. The van der Waals surface area contributed by atoms with Gasteiger partial charge in [0.15, 0.2) is 10.4 Å². The third-order valence-electron chi connectivity index (χ3n) is 3.66. The van der Waals surface area contributed by atoms with Gasteiger partial charge in [0.1, 0.15) is 0 Å². The largest absolute Gasteiger partial charge is 0.444 e. The van der Waals surface area contributed by atoms with Crippen LogP contribution in [-0.4, -0.2) is 15.7 Å². The number of nitrogens with one attached hydrogen (secondary N) is 1. The van der Waals surface area contributed by atoms with Crippen LogP contribution in [-0.2, 0) is 26.4 Å². The van der Waals surface area contributed by atoms with Crippen molar-refractivity contribution in [2.24, 2.45) is 7.05 Å².